The van der Waals surface area contributed by atoms with Gasteiger partial charge in [-0.1, -0.05) is 40.5 Å². The Balaban J connectivity index is 1.81. The maximum Gasteiger partial charge on any atom is 0.0417 e. The van der Waals surface area contributed by atoms with Gasteiger partial charge in [0.05, 0.1) is 0 Å². The van der Waals surface area contributed by atoms with Gasteiger partial charge in [0.2, 0.25) is 0 Å². The molecular weight excluding hydrogens is 330 g/mol. The molecule has 2 rings (SSSR count). The van der Waals surface area contributed by atoms with Crippen molar-refractivity contribution in [3.63, 3.8) is 0 Å². The van der Waals surface area contributed by atoms with E-state index in [1.54, 1.807) is 0 Å². The summed E-state index contributed by atoms with van der Waals surface area (Å²) < 4.78 is 1.10. The number of hydrogen-bond donors (Lipinski definition) is 1. The Kier molecular flexibility index (Phi) is 5.87. The van der Waals surface area contributed by atoms with Crippen molar-refractivity contribution in [2.75, 3.05) is 5.75 Å². The molecule has 1 aromatic carbocycles. The van der Waals surface area contributed by atoms with E-state index in [-0.39, 0.29) is 0 Å². The zero-order valence-electron chi connectivity index (χ0n) is 10.6. The highest BCUT2D eigenvalue weighted by Gasteiger charge is 2.23. The van der Waals surface area contributed by atoms with E-state index >= 15 is 0 Å². The largest absolute Gasteiger partial charge is 0.310 e. The van der Waals surface area contributed by atoms with Gasteiger partial charge in [0, 0.05) is 27.3 Å². The van der Waals surface area contributed by atoms with Crippen LogP contribution in [0.3, 0.4) is 0 Å². The van der Waals surface area contributed by atoms with Gasteiger partial charge in [-0.05, 0) is 42.7 Å². The molecule has 1 aliphatic carbocycles. The third-order valence-electron chi connectivity index (χ3n) is 3.38. The lowest BCUT2D eigenvalue weighted by atomic mass is 10.2. The Morgan fingerprint density at radius 1 is 1.44 bits per heavy atom. The minimum absolute atomic E-state index is 0.677. The normalized spacial score (nSPS) is 23.5. The molecule has 2 unspecified atom stereocenters. The molecule has 0 aliphatic heterocycles. The second kappa shape index (κ2) is 7.18. The highest BCUT2D eigenvalue weighted by molar-refractivity contribution is 9.10. The third kappa shape index (κ3) is 4.16. The standard InChI is InChI=1S/C14H19BrClNS/c1-2-18-13-6-5-12(8-13)17-9-10-3-4-11(16)7-14(10)15/h3-4,7,12-13,17H,2,5-6,8-9H2,1H3. The molecule has 0 amide bonds. The van der Waals surface area contributed by atoms with Crippen LogP contribution in [-0.4, -0.2) is 17.0 Å². The van der Waals surface area contributed by atoms with Gasteiger partial charge >= 0.3 is 0 Å². The summed E-state index contributed by atoms with van der Waals surface area (Å²) >= 11 is 11.6. The zero-order chi connectivity index (χ0) is 13.0. The second-order valence-corrected chi connectivity index (χ2v) is 7.57. The maximum absolute atomic E-state index is 5.94. The summed E-state index contributed by atoms with van der Waals surface area (Å²) in [5, 5.41) is 5.31. The van der Waals surface area contributed by atoms with Gasteiger partial charge in [-0.2, -0.15) is 11.8 Å². The van der Waals surface area contributed by atoms with E-state index in [0.717, 1.165) is 21.3 Å². The van der Waals surface area contributed by atoms with Crippen LogP contribution in [0.2, 0.25) is 5.02 Å². The van der Waals surface area contributed by atoms with E-state index in [2.05, 4.69) is 46.0 Å². The van der Waals surface area contributed by atoms with Crippen molar-refractivity contribution in [1.82, 2.24) is 5.32 Å². The predicted octanol–water partition coefficient (Wildman–Crippen LogP) is 4.87. The van der Waals surface area contributed by atoms with Crippen LogP contribution in [0.25, 0.3) is 0 Å². The molecule has 0 spiro atoms. The summed E-state index contributed by atoms with van der Waals surface area (Å²) in [4.78, 5) is 0. The molecule has 4 heteroatoms. The van der Waals surface area contributed by atoms with Crippen molar-refractivity contribution < 1.29 is 0 Å². The number of nitrogens with one attached hydrogen (secondary N) is 1. The monoisotopic (exact) mass is 347 g/mol. The first-order valence-corrected chi connectivity index (χ1v) is 8.70. The van der Waals surface area contributed by atoms with Gasteiger partial charge < -0.3 is 5.32 Å². The lowest BCUT2D eigenvalue weighted by Gasteiger charge is -2.14. The number of halogens is 2. The second-order valence-electron chi connectivity index (χ2n) is 4.70. The van der Waals surface area contributed by atoms with Gasteiger partial charge in [0.25, 0.3) is 0 Å². The topological polar surface area (TPSA) is 12.0 Å². The molecular formula is C14H19BrClNS. The van der Waals surface area contributed by atoms with Gasteiger partial charge in [0.1, 0.15) is 0 Å². The minimum Gasteiger partial charge on any atom is -0.310 e. The van der Waals surface area contributed by atoms with E-state index < -0.39 is 0 Å². The van der Waals surface area contributed by atoms with E-state index in [0.29, 0.717) is 6.04 Å². The van der Waals surface area contributed by atoms with Gasteiger partial charge in [-0.15, -0.1) is 0 Å². The molecule has 1 N–H and O–H groups in total. The molecule has 0 heterocycles. The minimum atomic E-state index is 0.677. The molecule has 1 aliphatic rings. The van der Waals surface area contributed by atoms with Crippen LogP contribution < -0.4 is 5.32 Å². The first-order valence-electron chi connectivity index (χ1n) is 6.48. The molecule has 1 nitrogen and oxygen atoms in total. The number of thioether (sulfide) groups is 1. The summed E-state index contributed by atoms with van der Waals surface area (Å²) in [5.41, 5.74) is 1.28. The van der Waals surface area contributed by atoms with Gasteiger partial charge in [0.15, 0.2) is 0 Å². The smallest absolute Gasteiger partial charge is 0.0417 e. The van der Waals surface area contributed by atoms with E-state index in [1.807, 2.05) is 12.1 Å². The Bertz CT molecular complexity index is 399. The van der Waals surface area contributed by atoms with E-state index in [9.17, 15) is 0 Å². The average Bonchev–Trinajstić information content (AvgIpc) is 2.76. The SMILES string of the molecule is CCSC1CCC(NCc2ccc(Cl)cc2Br)C1. The number of rotatable bonds is 5. The highest BCUT2D eigenvalue weighted by Crippen LogP contribution is 2.30. The summed E-state index contributed by atoms with van der Waals surface area (Å²) in [7, 11) is 0. The van der Waals surface area contributed by atoms with Crippen molar-refractivity contribution in [3.05, 3.63) is 33.3 Å². The summed E-state index contributed by atoms with van der Waals surface area (Å²) in [6, 6.07) is 6.68. The van der Waals surface area contributed by atoms with Crippen molar-refractivity contribution in [3.8, 4) is 0 Å². The van der Waals surface area contributed by atoms with Crippen LogP contribution >= 0.6 is 39.3 Å². The maximum atomic E-state index is 5.94. The third-order valence-corrected chi connectivity index (χ3v) is 5.59. The molecule has 1 saturated carbocycles. The van der Waals surface area contributed by atoms with Crippen LogP contribution in [0.15, 0.2) is 22.7 Å². The van der Waals surface area contributed by atoms with Crippen molar-refractivity contribution in [1.29, 1.82) is 0 Å². The van der Waals surface area contributed by atoms with E-state index in [4.69, 9.17) is 11.6 Å². The lowest BCUT2D eigenvalue weighted by molar-refractivity contribution is 0.524. The molecule has 2 atom stereocenters. The summed E-state index contributed by atoms with van der Waals surface area (Å²) in [5.74, 6) is 1.24. The first-order chi connectivity index (χ1) is 8.69. The Hall–Kier alpha value is 0.300. The fourth-order valence-electron chi connectivity index (χ4n) is 2.43. The van der Waals surface area contributed by atoms with Crippen molar-refractivity contribution in [2.24, 2.45) is 0 Å². The quantitative estimate of drug-likeness (QED) is 0.815. The molecule has 1 fully saturated rings. The fourth-order valence-corrected chi connectivity index (χ4v) is 4.40. The van der Waals surface area contributed by atoms with Crippen molar-refractivity contribution in [2.45, 2.75) is 44.0 Å². The van der Waals surface area contributed by atoms with Crippen LogP contribution in [0.4, 0.5) is 0 Å². The molecule has 0 bridgehead atoms. The van der Waals surface area contributed by atoms with Crippen LogP contribution in [0, 0.1) is 0 Å². The highest BCUT2D eigenvalue weighted by atomic mass is 79.9. The molecule has 0 radical (unpaired) electrons. The van der Waals surface area contributed by atoms with Crippen LogP contribution in [0.1, 0.15) is 31.7 Å². The van der Waals surface area contributed by atoms with Crippen LogP contribution in [-0.2, 0) is 6.54 Å². The molecule has 0 aromatic heterocycles. The lowest BCUT2D eigenvalue weighted by Crippen LogP contribution is -2.26. The number of benzene rings is 1. The summed E-state index contributed by atoms with van der Waals surface area (Å²) in [6.45, 7) is 3.17. The summed E-state index contributed by atoms with van der Waals surface area (Å²) in [6.07, 6.45) is 3.98. The average molecular weight is 349 g/mol. The first kappa shape index (κ1) is 14.7. The molecule has 18 heavy (non-hydrogen) atoms. The molecule has 100 valence electrons. The fraction of sp³-hybridized carbons (Fsp3) is 0.571. The van der Waals surface area contributed by atoms with E-state index in [1.165, 1.54) is 30.6 Å². The Morgan fingerprint density at radius 2 is 2.28 bits per heavy atom. The Morgan fingerprint density at radius 3 is 3.00 bits per heavy atom. The van der Waals surface area contributed by atoms with Crippen LogP contribution in [0.5, 0.6) is 0 Å². The van der Waals surface area contributed by atoms with Gasteiger partial charge in [-0.3, -0.25) is 0 Å². The zero-order valence-corrected chi connectivity index (χ0v) is 13.7. The van der Waals surface area contributed by atoms with Crippen molar-refractivity contribution >= 4 is 39.3 Å². The number of hydrogen-bond acceptors (Lipinski definition) is 2. The molecule has 0 saturated heterocycles. The predicted molar refractivity (Wildman–Crippen MR) is 85.6 cm³/mol. The molecule has 1 aromatic rings. The Labute approximate surface area is 127 Å². The van der Waals surface area contributed by atoms with Gasteiger partial charge in [-0.25, -0.2) is 0 Å².